The summed E-state index contributed by atoms with van der Waals surface area (Å²) in [5, 5.41) is 9.76. The molecule has 0 saturated heterocycles. The zero-order valence-corrected chi connectivity index (χ0v) is 9.02. The van der Waals surface area contributed by atoms with Gasteiger partial charge in [-0.15, -0.1) is 0 Å². The molecule has 1 atom stereocenters. The highest BCUT2D eigenvalue weighted by atomic mass is 16.3. The average molecular weight is 170 g/mol. The molecule has 0 heterocycles. The third-order valence-corrected chi connectivity index (χ3v) is 2.30. The van der Waals surface area contributed by atoms with Crippen molar-refractivity contribution in [1.29, 1.82) is 0 Å². The summed E-state index contributed by atoms with van der Waals surface area (Å²) in [6.07, 6.45) is 4.22. The van der Waals surface area contributed by atoms with Crippen LogP contribution < -0.4 is 0 Å². The number of rotatable bonds is 4. The van der Waals surface area contributed by atoms with E-state index in [-0.39, 0.29) is 0 Å². The van der Waals surface area contributed by atoms with E-state index < -0.39 is 5.60 Å². The maximum absolute atomic E-state index is 9.76. The molecule has 0 saturated carbocycles. The molecule has 0 aromatic heterocycles. The molecular formula is C11H22O. The smallest absolute Gasteiger partial charge is 0.0622 e. The Bertz CT molecular complexity index is 147. The van der Waals surface area contributed by atoms with E-state index in [2.05, 4.69) is 26.8 Å². The summed E-state index contributed by atoms with van der Waals surface area (Å²) in [4.78, 5) is 0. The van der Waals surface area contributed by atoms with Crippen molar-refractivity contribution >= 4 is 0 Å². The van der Waals surface area contributed by atoms with E-state index in [4.69, 9.17) is 0 Å². The van der Waals surface area contributed by atoms with Gasteiger partial charge in [0.1, 0.15) is 0 Å². The Morgan fingerprint density at radius 2 is 1.92 bits per heavy atom. The van der Waals surface area contributed by atoms with Gasteiger partial charge < -0.3 is 5.11 Å². The third-order valence-electron chi connectivity index (χ3n) is 2.30. The predicted molar refractivity (Wildman–Crippen MR) is 54.1 cm³/mol. The first-order valence-electron chi connectivity index (χ1n) is 4.73. The maximum atomic E-state index is 9.76. The van der Waals surface area contributed by atoms with E-state index in [0.29, 0.717) is 5.92 Å². The Kier molecular flexibility index (Phi) is 4.54. The van der Waals surface area contributed by atoms with Crippen LogP contribution in [0.2, 0.25) is 0 Å². The second-order valence-corrected chi connectivity index (χ2v) is 4.28. The van der Waals surface area contributed by atoms with Crippen molar-refractivity contribution in [3.8, 4) is 0 Å². The maximum Gasteiger partial charge on any atom is 0.0622 e. The Labute approximate surface area is 76.5 Å². The normalized spacial score (nSPS) is 14.2. The zero-order chi connectivity index (χ0) is 9.78. The van der Waals surface area contributed by atoms with Crippen LogP contribution in [0.3, 0.4) is 0 Å². The van der Waals surface area contributed by atoms with Gasteiger partial charge in [0.25, 0.3) is 0 Å². The Morgan fingerprint density at radius 1 is 1.42 bits per heavy atom. The van der Waals surface area contributed by atoms with Gasteiger partial charge >= 0.3 is 0 Å². The van der Waals surface area contributed by atoms with Crippen LogP contribution in [-0.2, 0) is 0 Å². The van der Waals surface area contributed by atoms with E-state index in [1.165, 1.54) is 5.57 Å². The van der Waals surface area contributed by atoms with Gasteiger partial charge in [-0.1, -0.05) is 25.0 Å². The number of hydrogen-bond donors (Lipinski definition) is 1. The summed E-state index contributed by atoms with van der Waals surface area (Å²) in [5.74, 6) is 0.382. The number of hydrogen-bond acceptors (Lipinski definition) is 1. The Morgan fingerprint density at radius 3 is 2.17 bits per heavy atom. The van der Waals surface area contributed by atoms with Crippen LogP contribution in [0.4, 0.5) is 0 Å². The van der Waals surface area contributed by atoms with Gasteiger partial charge in [0.15, 0.2) is 0 Å². The molecular weight excluding hydrogens is 148 g/mol. The molecule has 0 fully saturated rings. The van der Waals surface area contributed by atoms with Gasteiger partial charge in [0, 0.05) is 0 Å². The van der Waals surface area contributed by atoms with Gasteiger partial charge in [-0.25, -0.2) is 0 Å². The number of aliphatic hydroxyl groups is 1. The van der Waals surface area contributed by atoms with Crippen molar-refractivity contribution in [2.75, 3.05) is 0 Å². The first kappa shape index (κ1) is 11.7. The molecule has 0 spiro atoms. The molecule has 0 bridgehead atoms. The summed E-state index contributed by atoms with van der Waals surface area (Å²) in [5.41, 5.74) is 0.790. The van der Waals surface area contributed by atoms with E-state index in [1.807, 2.05) is 13.8 Å². The largest absolute Gasteiger partial charge is 0.390 e. The quantitative estimate of drug-likeness (QED) is 0.643. The molecule has 0 aliphatic carbocycles. The summed E-state index contributed by atoms with van der Waals surface area (Å²) < 4.78 is 0. The third kappa shape index (κ3) is 4.55. The van der Waals surface area contributed by atoms with Crippen LogP contribution in [0.5, 0.6) is 0 Å². The molecule has 1 heteroatoms. The molecule has 0 aromatic rings. The molecule has 0 radical (unpaired) electrons. The fourth-order valence-corrected chi connectivity index (χ4v) is 1.33. The van der Waals surface area contributed by atoms with Crippen LogP contribution in [0.15, 0.2) is 11.6 Å². The Balaban J connectivity index is 4.10. The standard InChI is InChI=1S/C11H22O/c1-6-10(11(4,5)12)8-7-9(2)3/h7,10,12H,6,8H2,1-5H3. The van der Waals surface area contributed by atoms with E-state index >= 15 is 0 Å². The van der Waals surface area contributed by atoms with Crippen LogP contribution in [0.25, 0.3) is 0 Å². The van der Waals surface area contributed by atoms with Crippen LogP contribution in [0, 0.1) is 5.92 Å². The van der Waals surface area contributed by atoms with Gasteiger partial charge in [-0.05, 0) is 40.0 Å². The molecule has 1 unspecified atom stereocenters. The van der Waals surface area contributed by atoms with Crippen molar-refractivity contribution in [3.63, 3.8) is 0 Å². The monoisotopic (exact) mass is 170 g/mol. The van der Waals surface area contributed by atoms with Crippen molar-refractivity contribution in [1.82, 2.24) is 0 Å². The van der Waals surface area contributed by atoms with Crippen molar-refractivity contribution in [2.24, 2.45) is 5.92 Å². The molecule has 12 heavy (non-hydrogen) atoms. The fourth-order valence-electron chi connectivity index (χ4n) is 1.33. The lowest BCUT2D eigenvalue weighted by Crippen LogP contribution is -2.29. The summed E-state index contributed by atoms with van der Waals surface area (Å²) in [7, 11) is 0. The summed E-state index contributed by atoms with van der Waals surface area (Å²) >= 11 is 0. The van der Waals surface area contributed by atoms with Crippen LogP contribution in [0.1, 0.15) is 47.5 Å². The zero-order valence-electron chi connectivity index (χ0n) is 9.02. The molecule has 0 amide bonds. The summed E-state index contributed by atoms with van der Waals surface area (Å²) in [6.45, 7) is 10.1. The topological polar surface area (TPSA) is 20.2 Å². The minimum atomic E-state index is -0.541. The van der Waals surface area contributed by atoms with Gasteiger partial charge in [-0.2, -0.15) is 0 Å². The highest BCUT2D eigenvalue weighted by Gasteiger charge is 2.23. The molecule has 1 nitrogen and oxygen atoms in total. The van der Waals surface area contributed by atoms with E-state index in [1.54, 1.807) is 0 Å². The highest BCUT2D eigenvalue weighted by molar-refractivity contribution is 4.96. The summed E-state index contributed by atoms with van der Waals surface area (Å²) in [6, 6.07) is 0. The van der Waals surface area contributed by atoms with E-state index in [0.717, 1.165) is 12.8 Å². The van der Waals surface area contributed by atoms with Crippen molar-refractivity contribution in [3.05, 3.63) is 11.6 Å². The molecule has 0 aliphatic rings. The fraction of sp³-hybridized carbons (Fsp3) is 0.818. The van der Waals surface area contributed by atoms with Gasteiger partial charge in [0.05, 0.1) is 5.60 Å². The lowest BCUT2D eigenvalue weighted by atomic mass is 9.85. The highest BCUT2D eigenvalue weighted by Crippen LogP contribution is 2.24. The molecule has 72 valence electrons. The van der Waals surface area contributed by atoms with E-state index in [9.17, 15) is 5.11 Å². The SMILES string of the molecule is CCC(CC=C(C)C)C(C)(C)O. The lowest BCUT2D eigenvalue weighted by Gasteiger charge is -2.27. The second-order valence-electron chi connectivity index (χ2n) is 4.28. The molecule has 0 aliphatic heterocycles. The first-order chi connectivity index (χ1) is 5.38. The lowest BCUT2D eigenvalue weighted by molar-refractivity contribution is 0.0165. The minimum Gasteiger partial charge on any atom is -0.390 e. The Hall–Kier alpha value is -0.300. The van der Waals surface area contributed by atoms with Gasteiger partial charge in [0.2, 0.25) is 0 Å². The molecule has 0 rings (SSSR count). The van der Waals surface area contributed by atoms with Crippen molar-refractivity contribution < 1.29 is 5.11 Å². The average Bonchev–Trinajstić information content (AvgIpc) is 1.85. The van der Waals surface area contributed by atoms with Gasteiger partial charge in [-0.3, -0.25) is 0 Å². The first-order valence-corrected chi connectivity index (χ1v) is 4.73. The minimum absolute atomic E-state index is 0.382. The number of allylic oxidation sites excluding steroid dienone is 2. The van der Waals surface area contributed by atoms with Crippen molar-refractivity contribution in [2.45, 2.75) is 53.1 Å². The predicted octanol–water partition coefficient (Wildman–Crippen LogP) is 3.14. The van der Waals surface area contributed by atoms with Crippen LogP contribution >= 0.6 is 0 Å². The second kappa shape index (κ2) is 4.66. The molecule has 0 aromatic carbocycles. The molecule has 1 N–H and O–H groups in total. The van der Waals surface area contributed by atoms with Crippen LogP contribution in [-0.4, -0.2) is 10.7 Å².